The number of aromatic nitrogens is 1. The predicted octanol–water partition coefficient (Wildman–Crippen LogP) is 1.82. The highest BCUT2D eigenvalue weighted by atomic mass is 32.2. The summed E-state index contributed by atoms with van der Waals surface area (Å²) in [6.07, 6.45) is 4.16. The predicted molar refractivity (Wildman–Crippen MR) is 89.8 cm³/mol. The van der Waals surface area contributed by atoms with Gasteiger partial charge in [-0.25, -0.2) is 8.42 Å². The molecule has 0 atom stereocenters. The number of sulfonamides is 1. The van der Waals surface area contributed by atoms with Crippen LogP contribution in [0.1, 0.15) is 22.8 Å². The minimum absolute atomic E-state index is 0.00421. The summed E-state index contributed by atoms with van der Waals surface area (Å²) >= 11 is 0. The molecule has 2 aromatic rings. The van der Waals surface area contributed by atoms with Crippen molar-refractivity contribution < 1.29 is 13.2 Å². The molecule has 122 valence electrons. The number of amides is 1. The van der Waals surface area contributed by atoms with E-state index in [2.05, 4.69) is 15.0 Å². The fraction of sp³-hybridized carbons (Fsp3) is 0.250. The zero-order valence-corrected chi connectivity index (χ0v) is 13.6. The van der Waals surface area contributed by atoms with Crippen LogP contribution in [0.3, 0.4) is 0 Å². The van der Waals surface area contributed by atoms with Crippen LogP contribution >= 0.6 is 0 Å². The fourth-order valence-corrected chi connectivity index (χ4v) is 2.55. The van der Waals surface area contributed by atoms with Gasteiger partial charge in [-0.3, -0.25) is 14.5 Å². The lowest BCUT2D eigenvalue weighted by atomic mass is 10.2. The SMILES string of the molecule is CCS(=O)(=O)Nc1ccc(C(=O)NCCc2ccncc2)cc1. The highest BCUT2D eigenvalue weighted by molar-refractivity contribution is 7.92. The summed E-state index contributed by atoms with van der Waals surface area (Å²) in [5.41, 5.74) is 2.03. The highest BCUT2D eigenvalue weighted by Crippen LogP contribution is 2.11. The average Bonchev–Trinajstić information content (AvgIpc) is 2.56. The van der Waals surface area contributed by atoms with Crippen molar-refractivity contribution in [3.8, 4) is 0 Å². The van der Waals surface area contributed by atoms with Gasteiger partial charge >= 0.3 is 0 Å². The first kappa shape index (κ1) is 17.0. The van der Waals surface area contributed by atoms with Gasteiger partial charge in [-0.15, -0.1) is 0 Å². The van der Waals surface area contributed by atoms with E-state index in [1.807, 2.05) is 12.1 Å². The zero-order valence-electron chi connectivity index (χ0n) is 12.8. The van der Waals surface area contributed by atoms with E-state index in [0.717, 1.165) is 12.0 Å². The molecule has 6 nitrogen and oxygen atoms in total. The third-order valence-electron chi connectivity index (χ3n) is 3.25. The van der Waals surface area contributed by atoms with E-state index in [-0.39, 0.29) is 11.7 Å². The molecular weight excluding hydrogens is 314 g/mol. The molecular formula is C16H19N3O3S. The molecule has 1 aromatic heterocycles. The van der Waals surface area contributed by atoms with E-state index >= 15 is 0 Å². The van der Waals surface area contributed by atoms with E-state index in [4.69, 9.17) is 0 Å². The molecule has 0 unspecified atom stereocenters. The van der Waals surface area contributed by atoms with Gasteiger partial charge in [0.1, 0.15) is 0 Å². The van der Waals surface area contributed by atoms with Gasteiger partial charge in [-0.05, 0) is 55.3 Å². The normalized spacial score (nSPS) is 11.0. The van der Waals surface area contributed by atoms with Crippen LogP contribution in [0, 0.1) is 0 Å². The number of pyridine rings is 1. The quantitative estimate of drug-likeness (QED) is 0.809. The van der Waals surface area contributed by atoms with Crippen molar-refractivity contribution in [1.82, 2.24) is 10.3 Å². The van der Waals surface area contributed by atoms with Crippen molar-refractivity contribution in [3.63, 3.8) is 0 Å². The van der Waals surface area contributed by atoms with E-state index in [9.17, 15) is 13.2 Å². The molecule has 23 heavy (non-hydrogen) atoms. The number of hydrogen-bond donors (Lipinski definition) is 2. The lowest BCUT2D eigenvalue weighted by Crippen LogP contribution is -2.25. The molecule has 1 amide bonds. The highest BCUT2D eigenvalue weighted by Gasteiger charge is 2.08. The summed E-state index contributed by atoms with van der Waals surface area (Å²) in [4.78, 5) is 16.0. The van der Waals surface area contributed by atoms with E-state index in [0.29, 0.717) is 17.8 Å². The van der Waals surface area contributed by atoms with E-state index < -0.39 is 10.0 Å². The Kier molecular flexibility index (Phi) is 5.70. The van der Waals surface area contributed by atoms with E-state index in [1.165, 1.54) is 0 Å². The minimum atomic E-state index is -3.31. The molecule has 0 radical (unpaired) electrons. The number of rotatable bonds is 7. The van der Waals surface area contributed by atoms with Crippen molar-refractivity contribution in [1.29, 1.82) is 0 Å². The maximum absolute atomic E-state index is 12.0. The third kappa shape index (κ3) is 5.37. The van der Waals surface area contributed by atoms with Crippen LogP contribution in [0.4, 0.5) is 5.69 Å². The topological polar surface area (TPSA) is 88.2 Å². The summed E-state index contributed by atoms with van der Waals surface area (Å²) in [6.45, 7) is 2.08. The van der Waals surface area contributed by atoms with Gasteiger partial charge in [0, 0.05) is 30.2 Å². The second-order valence-electron chi connectivity index (χ2n) is 4.94. The average molecular weight is 333 g/mol. The molecule has 0 saturated carbocycles. The first-order valence-corrected chi connectivity index (χ1v) is 8.93. The van der Waals surface area contributed by atoms with Crippen LogP contribution in [0.2, 0.25) is 0 Å². The van der Waals surface area contributed by atoms with Gasteiger partial charge in [0.25, 0.3) is 5.91 Å². The van der Waals surface area contributed by atoms with Crippen LogP contribution in [0.15, 0.2) is 48.8 Å². The second kappa shape index (κ2) is 7.73. The number of carbonyl (C=O) groups is 1. The van der Waals surface area contributed by atoms with Crippen molar-refractivity contribution >= 4 is 21.6 Å². The third-order valence-corrected chi connectivity index (χ3v) is 4.56. The van der Waals surface area contributed by atoms with Crippen molar-refractivity contribution in [2.45, 2.75) is 13.3 Å². The number of benzene rings is 1. The molecule has 0 aliphatic carbocycles. The smallest absolute Gasteiger partial charge is 0.251 e. The molecule has 0 bridgehead atoms. The molecule has 0 spiro atoms. The lowest BCUT2D eigenvalue weighted by Gasteiger charge is -2.08. The molecule has 0 aliphatic rings. The van der Waals surface area contributed by atoms with Gasteiger partial charge < -0.3 is 5.32 Å². The Morgan fingerprint density at radius 2 is 1.74 bits per heavy atom. The van der Waals surface area contributed by atoms with Crippen LogP contribution in [0.25, 0.3) is 0 Å². The lowest BCUT2D eigenvalue weighted by molar-refractivity contribution is 0.0954. The molecule has 0 aliphatic heterocycles. The minimum Gasteiger partial charge on any atom is -0.352 e. The Morgan fingerprint density at radius 1 is 1.09 bits per heavy atom. The van der Waals surface area contributed by atoms with Crippen LogP contribution in [0.5, 0.6) is 0 Å². The van der Waals surface area contributed by atoms with Crippen LogP contribution in [-0.4, -0.2) is 31.6 Å². The van der Waals surface area contributed by atoms with Crippen LogP contribution < -0.4 is 10.0 Å². The largest absolute Gasteiger partial charge is 0.352 e. The molecule has 7 heteroatoms. The molecule has 2 rings (SSSR count). The number of nitrogens with one attached hydrogen (secondary N) is 2. The summed E-state index contributed by atoms with van der Waals surface area (Å²) in [5.74, 6) is -0.187. The second-order valence-corrected chi connectivity index (χ2v) is 6.96. The Hall–Kier alpha value is -2.41. The van der Waals surface area contributed by atoms with E-state index in [1.54, 1.807) is 43.6 Å². The Labute approximate surface area is 136 Å². The number of hydrogen-bond acceptors (Lipinski definition) is 4. The summed E-state index contributed by atoms with van der Waals surface area (Å²) in [5, 5.41) is 2.83. The Balaban J connectivity index is 1.88. The monoisotopic (exact) mass is 333 g/mol. The van der Waals surface area contributed by atoms with Gasteiger partial charge in [0.2, 0.25) is 10.0 Å². The van der Waals surface area contributed by atoms with Crippen molar-refractivity contribution in [2.75, 3.05) is 17.0 Å². The van der Waals surface area contributed by atoms with Crippen LogP contribution in [-0.2, 0) is 16.4 Å². The number of carbonyl (C=O) groups excluding carboxylic acids is 1. The van der Waals surface area contributed by atoms with Gasteiger partial charge in [-0.2, -0.15) is 0 Å². The zero-order chi connectivity index (χ0) is 16.7. The van der Waals surface area contributed by atoms with Gasteiger partial charge in [0.15, 0.2) is 0 Å². The van der Waals surface area contributed by atoms with Crippen molar-refractivity contribution in [3.05, 3.63) is 59.9 Å². The van der Waals surface area contributed by atoms with Gasteiger partial charge in [-0.1, -0.05) is 0 Å². The number of anilines is 1. The van der Waals surface area contributed by atoms with Gasteiger partial charge in [0.05, 0.1) is 5.75 Å². The summed E-state index contributed by atoms with van der Waals surface area (Å²) < 4.78 is 25.4. The first-order chi connectivity index (χ1) is 11.0. The molecule has 2 N–H and O–H groups in total. The van der Waals surface area contributed by atoms with Crippen molar-refractivity contribution in [2.24, 2.45) is 0 Å². The summed E-state index contributed by atoms with van der Waals surface area (Å²) in [7, 11) is -3.31. The number of nitrogens with zero attached hydrogens (tertiary/aromatic N) is 1. The Morgan fingerprint density at radius 3 is 2.35 bits per heavy atom. The molecule has 0 fully saturated rings. The standard InChI is InChI=1S/C16H19N3O3S/c1-2-23(21,22)19-15-5-3-14(4-6-15)16(20)18-12-9-13-7-10-17-11-8-13/h3-8,10-11,19H,2,9,12H2,1H3,(H,18,20). The molecule has 1 aromatic carbocycles. The maximum Gasteiger partial charge on any atom is 0.251 e. The molecule has 0 saturated heterocycles. The first-order valence-electron chi connectivity index (χ1n) is 7.28. The fourth-order valence-electron chi connectivity index (χ4n) is 1.91. The maximum atomic E-state index is 12.0. The summed E-state index contributed by atoms with van der Waals surface area (Å²) in [6, 6.07) is 10.1. The molecule has 1 heterocycles. The Bertz CT molecular complexity index is 744.